The van der Waals surface area contributed by atoms with Gasteiger partial charge in [-0.3, -0.25) is 15.0 Å². The Labute approximate surface area is 174 Å². The number of hydrazine groups is 1. The summed E-state index contributed by atoms with van der Waals surface area (Å²) in [6.45, 7) is 15.9. The maximum absolute atomic E-state index is 13.5. The fourth-order valence-corrected chi connectivity index (χ4v) is 3.75. The number of furan rings is 1. The van der Waals surface area contributed by atoms with E-state index in [1.54, 1.807) is 13.0 Å². The van der Waals surface area contributed by atoms with E-state index in [1.807, 2.05) is 39.0 Å². The summed E-state index contributed by atoms with van der Waals surface area (Å²) in [6, 6.07) is 7.27. The van der Waals surface area contributed by atoms with Crippen molar-refractivity contribution in [2.75, 3.05) is 0 Å². The van der Waals surface area contributed by atoms with E-state index in [4.69, 9.17) is 4.42 Å². The Bertz CT molecular complexity index is 870. The number of benzene rings is 1. The van der Waals surface area contributed by atoms with Crippen molar-refractivity contribution in [3.63, 3.8) is 0 Å². The fraction of sp³-hybridized carbons (Fsp3) is 0.500. The molecule has 0 aliphatic rings. The Hall–Kier alpha value is -2.56. The van der Waals surface area contributed by atoms with E-state index < -0.39 is 0 Å². The molecule has 0 saturated heterocycles. The molecule has 158 valence electrons. The topological polar surface area (TPSA) is 62.6 Å². The molecule has 0 aliphatic carbocycles. The highest BCUT2D eigenvalue weighted by molar-refractivity contribution is 6.00. The van der Waals surface area contributed by atoms with Gasteiger partial charge in [-0.15, -0.1) is 0 Å². The van der Waals surface area contributed by atoms with Crippen molar-refractivity contribution in [3.8, 4) is 0 Å². The van der Waals surface area contributed by atoms with Crippen molar-refractivity contribution >= 4 is 11.8 Å². The van der Waals surface area contributed by atoms with Crippen LogP contribution in [0.3, 0.4) is 0 Å². The van der Waals surface area contributed by atoms with E-state index in [0.717, 1.165) is 24.0 Å². The van der Waals surface area contributed by atoms with Gasteiger partial charge >= 0.3 is 0 Å². The quantitative estimate of drug-likeness (QED) is 0.675. The summed E-state index contributed by atoms with van der Waals surface area (Å²) in [5.41, 5.74) is 5.75. The van der Waals surface area contributed by atoms with Crippen LogP contribution < -0.4 is 5.43 Å². The zero-order valence-electron chi connectivity index (χ0n) is 19.0. The highest BCUT2D eigenvalue weighted by atomic mass is 16.3. The predicted octanol–water partition coefficient (Wildman–Crippen LogP) is 5.52. The Morgan fingerprint density at radius 1 is 1.03 bits per heavy atom. The number of hydrogen-bond donors (Lipinski definition) is 1. The molecule has 1 aromatic carbocycles. The van der Waals surface area contributed by atoms with E-state index in [9.17, 15) is 9.59 Å². The van der Waals surface area contributed by atoms with Crippen LogP contribution in [0.5, 0.6) is 0 Å². The molecular formula is C24H34N2O3. The second-order valence-corrected chi connectivity index (χ2v) is 8.99. The normalized spacial score (nSPS) is 12.6. The van der Waals surface area contributed by atoms with Gasteiger partial charge < -0.3 is 4.42 Å². The molecule has 29 heavy (non-hydrogen) atoms. The lowest BCUT2D eigenvalue weighted by molar-refractivity contribution is 0.0269. The largest absolute Gasteiger partial charge is 0.466 e. The first-order valence-electron chi connectivity index (χ1n) is 10.2. The number of nitrogens with zero attached hydrogens (tertiary/aromatic N) is 1. The summed E-state index contributed by atoms with van der Waals surface area (Å²) >= 11 is 0. The number of amides is 2. The summed E-state index contributed by atoms with van der Waals surface area (Å²) in [5.74, 6) is 0.704. The number of rotatable bonds is 5. The van der Waals surface area contributed by atoms with Crippen LogP contribution in [-0.2, 0) is 0 Å². The van der Waals surface area contributed by atoms with Crippen LogP contribution in [0.25, 0.3) is 0 Å². The van der Waals surface area contributed by atoms with Crippen molar-refractivity contribution in [2.24, 2.45) is 5.41 Å². The minimum Gasteiger partial charge on any atom is -0.466 e. The standard InChI is InChI=1S/C24H34N2O3/c1-9-10-21(24(6,7)8)26(23(28)20-14-17(4)29-18(20)5)25-22(27)19-12-15(2)11-16(3)13-19/h11-14,21H,9-10H2,1-8H3,(H,25,27)/t21-/m1/s1. The molecule has 2 aromatic rings. The van der Waals surface area contributed by atoms with Gasteiger partial charge in [0.15, 0.2) is 0 Å². The second kappa shape index (κ2) is 8.85. The average molecular weight is 399 g/mol. The molecule has 1 heterocycles. The van der Waals surface area contributed by atoms with Crippen molar-refractivity contribution in [1.29, 1.82) is 0 Å². The Balaban J connectivity index is 2.46. The lowest BCUT2D eigenvalue weighted by Crippen LogP contribution is -2.56. The molecule has 1 atom stereocenters. The van der Waals surface area contributed by atoms with Crippen molar-refractivity contribution in [3.05, 3.63) is 58.0 Å². The van der Waals surface area contributed by atoms with Crippen LogP contribution in [-0.4, -0.2) is 22.9 Å². The number of carbonyl (C=O) groups is 2. The van der Waals surface area contributed by atoms with Crippen molar-refractivity contribution in [1.82, 2.24) is 10.4 Å². The lowest BCUT2D eigenvalue weighted by Gasteiger charge is -2.40. The van der Waals surface area contributed by atoms with Crippen LogP contribution >= 0.6 is 0 Å². The minimum atomic E-state index is -0.284. The first kappa shape index (κ1) is 22.7. The molecule has 0 aliphatic heterocycles. The van der Waals surface area contributed by atoms with Gasteiger partial charge in [-0.05, 0) is 57.7 Å². The molecule has 1 aromatic heterocycles. The highest BCUT2D eigenvalue weighted by Crippen LogP contribution is 2.29. The van der Waals surface area contributed by atoms with Crippen LogP contribution in [0.4, 0.5) is 0 Å². The van der Waals surface area contributed by atoms with Gasteiger partial charge in [-0.2, -0.15) is 0 Å². The second-order valence-electron chi connectivity index (χ2n) is 8.99. The molecule has 5 heteroatoms. The molecule has 5 nitrogen and oxygen atoms in total. The third-order valence-electron chi connectivity index (χ3n) is 5.07. The van der Waals surface area contributed by atoms with Gasteiger partial charge in [-0.25, -0.2) is 5.01 Å². The molecular weight excluding hydrogens is 364 g/mol. The maximum Gasteiger partial charge on any atom is 0.276 e. The number of aryl methyl sites for hydroxylation is 4. The summed E-state index contributed by atoms with van der Waals surface area (Å²) in [5, 5.41) is 1.51. The minimum absolute atomic E-state index is 0.163. The molecule has 2 amide bonds. The summed E-state index contributed by atoms with van der Waals surface area (Å²) in [6.07, 6.45) is 1.67. The molecule has 0 radical (unpaired) electrons. The van der Waals surface area contributed by atoms with Gasteiger partial charge in [0.25, 0.3) is 11.8 Å². The number of nitrogens with one attached hydrogen (secondary N) is 1. The van der Waals surface area contributed by atoms with E-state index in [-0.39, 0.29) is 23.3 Å². The molecule has 0 bridgehead atoms. The molecule has 0 unspecified atom stereocenters. The molecule has 0 saturated carbocycles. The third kappa shape index (κ3) is 5.49. The molecule has 1 N–H and O–H groups in total. The fourth-order valence-electron chi connectivity index (χ4n) is 3.75. The lowest BCUT2D eigenvalue weighted by atomic mass is 9.83. The zero-order valence-corrected chi connectivity index (χ0v) is 19.0. The smallest absolute Gasteiger partial charge is 0.276 e. The first-order chi connectivity index (χ1) is 13.4. The van der Waals surface area contributed by atoms with E-state index in [0.29, 0.717) is 22.6 Å². The molecule has 2 rings (SSSR count). The van der Waals surface area contributed by atoms with Gasteiger partial charge in [0, 0.05) is 5.56 Å². The average Bonchev–Trinajstić information content (AvgIpc) is 2.93. The van der Waals surface area contributed by atoms with Gasteiger partial charge in [0.05, 0.1) is 11.6 Å². The van der Waals surface area contributed by atoms with Gasteiger partial charge in [0.2, 0.25) is 0 Å². The zero-order chi connectivity index (χ0) is 21.9. The monoisotopic (exact) mass is 398 g/mol. The van der Waals surface area contributed by atoms with Crippen LogP contribution in [0, 0.1) is 33.1 Å². The molecule has 0 fully saturated rings. The van der Waals surface area contributed by atoms with Crippen LogP contribution in [0.15, 0.2) is 28.7 Å². The van der Waals surface area contributed by atoms with Crippen molar-refractivity contribution < 1.29 is 14.0 Å². The Kier molecular flexibility index (Phi) is 6.93. The Morgan fingerprint density at radius 2 is 1.62 bits per heavy atom. The van der Waals surface area contributed by atoms with Crippen LogP contribution in [0.1, 0.15) is 83.9 Å². The third-order valence-corrected chi connectivity index (χ3v) is 5.07. The molecule has 0 spiro atoms. The maximum atomic E-state index is 13.5. The van der Waals surface area contributed by atoms with Gasteiger partial charge in [-0.1, -0.05) is 51.3 Å². The predicted molar refractivity (Wildman–Crippen MR) is 116 cm³/mol. The summed E-state index contributed by atoms with van der Waals surface area (Å²) in [4.78, 5) is 26.6. The SMILES string of the molecule is CCC[C@@H](N(NC(=O)c1cc(C)cc(C)c1)C(=O)c1cc(C)oc1C)C(C)(C)C. The Morgan fingerprint density at radius 3 is 2.07 bits per heavy atom. The van der Waals surface area contributed by atoms with E-state index in [2.05, 4.69) is 33.1 Å². The first-order valence-corrected chi connectivity index (χ1v) is 10.2. The van der Waals surface area contributed by atoms with E-state index >= 15 is 0 Å². The number of carbonyl (C=O) groups excluding carboxylic acids is 2. The van der Waals surface area contributed by atoms with Gasteiger partial charge in [0.1, 0.15) is 11.5 Å². The van der Waals surface area contributed by atoms with Crippen molar-refractivity contribution in [2.45, 2.75) is 74.3 Å². The van der Waals surface area contributed by atoms with Crippen LogP contribution in [0.2, 0.25) is 0 Å². The number of hydrogen-bond acceptors (Lipinski definition) is 3. The highest BCUT2D eigenvalue weighted by Gasteiger charge is 2.36. The summed E-state index contributed by atoms with van der Waals surface area (Å²) < 4.78 is 5.57. The van der Waals surface area contributed by atoms with E-state index in [1.165, 1.54) is 5.01 Å². The summed E-state index contributed by atoms with van der Waals surface area (Å²) in [7, 11) is 0.